The molecule has 0 saturated heterocycles. The van der Waals surface area contributed by atoms with Gasteiger partial charge in [-0.15, -0.1) is 11.3 Å². The molecule has 0 aliphatic rings. The number of carbonyl (C=O) groups is 2. The lowest BCUT2D eigenvalue weighted by Crippen LogP contribution is -2.33. The maximum atomic E-state index is 12.3. The minimum absolute atomic E-state index is 0.152. The van der Waals surface area contributed by atoms with Crippen LogP contribution in [0, 0.1) is 0 Å². The van der Waals surface area contributed by atoms with E-state index in [9.17, 15) is 9.59 Å². The van der Waals surface area contributed by atoms with Gasteiger partial charge in [0, 0.05) is 11.8 Å². The van der Waals surface area contributed by atoms with Crippen LogP contribution in [-0.4, -0.2) is 11.8 Å². The van der Waals surface area contributed by atoms with E-state index in [1.807, 2.05) is 30.5 Å². The quantitative estimate of drug-likeness (QED) is 0.769. The predicted molar refractivity (Wildman–Crippen MR) is 98.5 cm³/mol. The Labute approximate surface area is 155 Å². The SMILES string of the molecule is CC(=O)N[C@H](CC(=O)N[C@H](C)c1ccc(Cl)c(Cl)c1)c1cccs1. The van der Waals surface area contributed by atoms with Gasteiger partial charge in [0.2, 0.25) is 11.8 Å². The van der Waals surface area contributed by atoms with Crippen LogP contribution in [0.5, 0.6) is 0 Å². The van der Waals surface area contributed by atoms with Crippen molar-refractivity contribution >= 4 is 46.4 Å². The summed E-state index contributed by atoms with van der Waals surface area (Å²) in [7, 11) is 0. The number of benzene rings is 1. The number of amides is 2. The summed E-state index contributed by atoms with van der Waals surface area (Å²) in [5.41, 5.74) is 0.866. The Hall–Kier alpha value is -1.56. The van der Waals surface area contributed by atoms with E-state index in [-0.39, 0.29) is 30.3 Å². The molecule has 0 fully saturated rings. The molecule has 0 radical (unpaired) electrons. The molecular weight excluding hydrogens is 367 g/mol. The third-order valence-corrected chi connectivity index (χ3v) is 5.20. The Kier molecular flexibility index (Phi) is 6.66. The van der Waals surface area contributed by atoms with Gasteiger partial charge in [-0.2, -0.15) is 0 Å². The maximum Gasteiger partial charge on any atom is 0.222 e. The van der Waals surface area contributed by atoms with E-state index in [0.29, 0.717) is 10.0 Å². The molecule has 2 N–H and O–H groups in total. The highest BCUT2D eigenvalue weighted by molar-refractivity contribution is 7.10. The van der Waals surface area contributed by atoms with Gasteiger partial charge in [0.1, 0.15) is 0 Å². The average molecular weight is 385 g/mol. The zero-order valence-corrected chi connectivity index (χ0v) is 15.6. The number of rotatable bonds is 6. The van der Waals surface area contributed by atoms with Crippen LogP contribution in [0.3, 0.4) is 0 Å². The van der Waals surface area contributed by atoms with Gasteiger partial charge in [0.25, 0.3) is 0 Å². The van der Waals surface area contributed by atoms with Crippen LogP contribution < -0.4 is 10.6 Å². The van der Waals surface area contributed by atoms with Crippen molar-refractivity contribution in [3.63, 3.8) is 0 Å². The van der Waals surface area contributed by atoms with Gasteiger partial charge in [-0.25, -0.2) is 0 Å². The number of nitrogens with one attached hydrogen (secondary N) is 2. The molecule has 24 heavy (non-hydrogen) atoms. The lowest BCUT2D eigenvalue weighted by atomic mass is 10.1. The lowest BCUT2D eigenvalue weighted by Gasteiger charge is -2.19. The van der Waals surface area contributed by atoms with Crippen molar-refractivity contribution in [3.05, 3.63) is 56.2 Å². The summed E-state index contributed by atoms with van der Waals surface area (Å²) >= 11 is 13.4. The molecule has 1 heterocycles. The molecule has 0 aliphatic carbocycles. The summed E-state index contributed by atoms with van der Waals surface area (Å²) in [5.74, 6) is -0.320. The number of hydrogen-bond acceptors (Lipinski definition) is 3. The van der Waals surface area contributed by atoms with Crippen LogP contribution in [-0.2, 0) is 9.59 Å². The minimum atomic E-state index is -0.330. The van der Waals surface area contributed by atoms with Crippen LogP contribution >= 0.6 is 34.5 Å². The second kappa shape index (κ2) is 8.51. The largest absolute Gasteiger partial charge is 0.350 e. The standard InChI is InChI=1S/C17H18Cl2N2O2S/c1-10(12-5-6-13(18)14(19)8-12)20-17(23)9-15(21-11(2)22)16-4-3-7-24-16/h3-8,10,15H,9H2,1-2H3,(H,20,23)(H,21,22)/t10-,15-/m1/s1. The smallest absolute Gasteiger partial charge is 0.222 e. The molecule has 4 nitrogen and oxygen atoms in total. The molecule has 128 valence electrons. The van der Waals surface area contributed by atoms with E-state index in [1.165, 1.54) is 18.3 Å². The van der Waals surface area contributed by atoms with Gasteiger partial charge in [0.15, 0.2) is 0 Å². The molecule has 0 aliphatic heterocycles. The van der Waals surface area contributed by atoms with Gasteiger partial charge < -0.3 is 10.6 Å². The summed E-state index contributed by atoms with van der Waals surface area (Å²) < 4.78 is 0. The zero-order valence-electron chi connectivity index (χ0n) is 13.3. The molecule has 2 rings (SSSR count). The molecule has 0 bridgehead atoms. The average Bonchev–Trinajstić information content (AvgIpc) is 3.03. The van der Waals surface area contributed by atoms with Crippen LogP contribution in [0.25, 0.3) is 0 Å². The Balaban J connectivity index is 2.02. The van der Waals surface area contributed by atoms with Gasteiger partial charge in [-0.3, -0.25) is 9.59 Å². The van der Waals surface area contributed by atoms with E-state index in [2.05, 4.69) is 10.6 Å². The molecule has 2 aromatic rings. The zero-order chi connectivity index (χ0) is 17.7. The van der Waals surface area contributed by atoms with E-state index in [0.717, 1.165) is 10.4 Å². The van der Waals surface area contributed by atoms with Crippen LogP contribution in [0.1, 0.15) is 42.8 Å². The molecule has 0 saturated carbocycles. The Morgan fingerprint density at radius 2 is 1.92 bits per heavy atom. The van der Waals surface area contributed by atoms with E-state index in [1.54, 1.807) is 12.1 Å². The monoisotopic (exact) mass is 384 g/mol. The van der Waals surface area contributed by atoms with Gasteiger partial charge >= 0.3 is 0 Å². The first-order valence-electron chi connectivity index (χ1n) is 7.41. The fraction of sp³-hybridized carbons (Fsp3) is 0.294. The second-order valence-electron chi connectivity index (χ2n) is 5.44. The third-order valence-electron chi connectivity index (χ3n) is 3.47. The summed E-state index contributed by atoms with van der Waals surface area (Å²) in [6.45, 7) is 3.31. The van der Waals surface area contributed by atoms with Crippen molar-refractivity contribution in [1.29, 1.82) is 0 Å². The second-order valence-corrected chi connectivity index (χ2v) is 7.23. The fourth-order valence-electron chi connectivity index (χ4n) is 2.31. The van der Waals surface area contributed by atoms with Crippen molar-refractivity contribution in [2.45, 2.75) is 32.4 Å². The molecule has 7 heteroatoms. The Bertz CT molecular complexity index is 719. The highest BCUT2D eigenvalue weighted by Gasteiger charge is 2.19. The number of hydrogen-bond donors (Lipinski definition) is 2. The molecule has 2 amide bonds. The number of carbonyl (C=O) groups excluding carboxylic acids is 2. The lowest BCUT2D eigenvalue weighted by molar-refractivity contribution is -0.123. The Morgan fingerprint density at radius 1 is 1.17 bits per heavy atom. The van der Waals surface area contributed by atoms with E-state index < -0.39 is 0 Å². The fourth-order valence-corrected chi connectivity index (χ4v) is 3.39. The van der Waals surface area contributed by atoms with Crippen LogP contribution in [0.15, 0.2) is 35.7 Å². The molecule has 2 atom stereocenters. The molecule has 1 aromatic heterocycles. The number of thiophene rings is 1. The summed E-state index contributed by atoms with van der Waals surface area (Å²) in [6.07, 6.45) is 0.172. The van der Waals surface area contributed by atoms with E-state index in [4.69, 9.17) is 23.2 Å². The van der Waals surface area contributed by atoms with Gasteiger partial charge in [0.05, 0.1) is 28.5 Å². The normalized spacial score (nSPS) is 13.2. The van der Waals surface area contributed by atoms with Crippen molar-refractivity contribution in [1.82, 2.24) is 10.6 Å². The van der Waals surface area contributed by atoms with Gasteiger partial charge in [-0.05, 0) is 36.1 Å². The molecule has 0 unspecified atom stereocenters. The first-order valence-corrected chi connectivity index (χ1v) is 9.05. The molecule has 1 aromatic carbocycles. The topological polar surface area (TPSA) is 58.2 Å². The van der Waals surface area contributed by atoms with E-state index >= 15 is 0 Å². The highest BCUT2D eigenvalue weighted by atomic mass is 35.5. The van der Waals surface area contributed by atoms with Crippen molar-refractivity contribution in [2.24, 2.45) is 0 Å². The summed E-state index contributed by atoms with van der Waals surface area (Å²) in [5, 5.41) is 8.58. The summed E-state index contributed by atoms with van der Waals surface area (Å²) in [6, 6.07) is 8.51. The van der Waals surface area contributed by atoms with Crippen LogP contribution in [0.2, 0.25) is 10.0 Å². The summed E-state index contributed by atoms with van der Waals surface area (Å²) in [4.78, 5) is 24.7. The first kappa shape index (κ1) is 18.8. The predicted octanol–water partition coefficient (Wildman–Crippen LogP) is 4.50. The maximum absolute atomic E-state index is 12.3. The third kappa shape index (κ3) is 5.23. The Morgan fingerprint density at radius 3 is 2.50 bits per heavy atom. The van der Waals surface area contributed by atoms with Gasteiger partial charge in [-0.1, -0.05) is 35.3 Å². The van der Waals surface area contributed by atoms with Crippen molar-refractivity contribution in [2.75, 3.05) is 0 Å². The first-order chi connectivity index (χ1) is 11.4. The highest BCUT2D eigenvalue weighted by Crippen LogP contribution is 2.26. The molecule has 0 spiro atoms. The van der Waals surface area contributed by atoms with Crippen LogP contribution in [0.4, 0.5) is 0 Å². The van der Waals surface area contributed by atoms with Crippen molar-refractivity contribution < 1.29 is 9.59 Å². The van der Waals surface area contributed by atoms with Crippen molar-refractivity contribution in [3.8, 4) is 0 Å². The minimum Gasteiger partial charge on any atom is -0.350 e. The molecular formula is C17H18Cl2N2O2S. The number of halogens is 2.